The minimum atomic E-state index is -8.93. The Labute approximate surface area is 254 Å². The van der Waals surface area contributed by atoms with Gasteiger partial charge in [-0.1, -0.05) is 46.5 Å². The molecule has 278 valence electrons. The second kappa shape index (κ2) is 14.7. The van der Waals surface area contributed by atoms with E-state index in [1.165, 1.54) is 13.8 Å². The van der Waals surface area contributed by atoms with Crippen molar-refractivity contribution in [2.24, 2.45) is 0 Å². The Kier molecular flexibility index (Phi) is 14.3. The number of unbranched alkanes of at least 4 members (excludes halogenated alkanes) is 4. The number of rotatable bonds is 21. The van der Waals surface area contributed by atoms with Crippen LogP contribution in [0.2, 0.25) is 0 Å². The van der Waals surface area contributed by atoms with Gasteiger partial charge in [-0.05, 0) is 19.3 Å². The summed E-state index contributed by atoms with van der Waals surface area (Å²) in [5, 5.41) is -7.77. The van der Waals surface area contributed by atoms with E-state index in [0.29, 0.717) is 12.8 Å². The molecule has 0 N–H and O–H groups in total. The van der Waals surface area contributed by atoms with E-state index < -0.39 is 90.4 Å². The Morgan fingerprint density at radius 3 is 1.22 bits per heavy atom. The summed E-state index contributed by atoms with van der Waals surface area (Å²) in [6, 6.07) is 0. The highest BCUT2D eigenvalue weighted by atomic mass is 32.3. The summed E-state index contributed by atoms with van der Waals surface area (Å²) in [5.74, 6) is -55.4. The lowest BCUT2D eigenvalue weighted by Crippen LogP contribution is -2.75. The normalized spacial score (nSPS) is 15.7. The maximum Gasteiger partial charge on any atom is 0.460 e. The number of halogens is 17. The molecule has 46 heavy (non-hydrogen) atoms. The fourth-order valence-corrected chi connectivity index (χ4v) is 9.52. The third-order valence-electron chi connectivity index (χ3n) is 6.46. The van der Waals surface area contributed by atoms with E-state index in [1.54, 1.807) is 6.92 Å². The Morgan fingerprint density at radius 2 is 0.870 bits per heavy atom. The Morgan fingerprint density at radius 1 is 0.522 bits per heavy atom. The van der Waals surface area contributed by atoms with Gasteiger partial charge in [-0.2, -0.15) is 83.1 Å². The smallest absolute Gasteiger partial charge is 0.299 e. The van der Waals surface area contributed by atoms with Crippen LogP contribution in [0.1, 0.15) is 72.1 Å². The number of carbonyl (C=O) groups is 1. The number of alkyl halides is 17. The van der Waals surface area contributed by atoms with Crippen LogP contribution in [0.4, 0.5) is 74.6 Å². The van der Waals surface area contributed by atoms with E-state index in [2.05, 4.69) is 3.63 Å². The molecule has 0 fully saturated rings. The molecule has 0 saturated carbocycles. The van der Waals surface area contributed by atoms with E-state index in [-0.39, 0.29) is 38.5 Å². The van der Waals surface area contributed by atoms with Crippen LogP contribution < -0.4 is 0 Å². The van der Waals surface area contributed by atoms with Crippen LogP contribution in [0.3, 0.4) is 0 Å². The number of ketones is 1. The quantitative estimate of drug-likeness (QED) is 0.0865. The maximum absolute atomic E-state index is 14.8. The largest absolute Gasteiger partial charge is 0.460 e. The first kappa shape index (κ1) is 44.7. The first-order valence-electron chi connectivity index (χ1n) is 13.2. The first-order valence-corrected chi connectivity index (χ1v) is 16.7. The lowest BCUT2D eigenvalue weighted by Gasteiger charge is -2.43. The van der Waals surface area contributed by atoms with Crippen LogP contribution in [0.25, 0.3) is 0 Å². The molecule has 0 aromatic carbocycles. The average molecular weight is 759 g/mol. The molecule has 0 radical (unpaired) electrons. The molecular formula is C23H31F17O4S2. The zero-order valence-electron chi connectivity index (χ0n) is 24.2. The van der Waals surface area contributed by atoms with Crippen molar-refractivity contribution in [1.29, 1.82) is 0 Å². The summed E-state index contributed by atoms with van der Waals surface area (Å²) in [5.41, 5.74) is 0. The van der Waals surface area contributed by atoms with Crippen molar-refractivity contribution in [1.82, 2.24) is 0 Å². The van der Waals surface area contributed by atoms with E-state index >= 15 is 0 Å². The molecule has 0 atom stereocenters. The number of Topliss-reactive ketones (excluding diaryl/α,β-unsaturated/α-hetero) is 1. The van der Waals surface area contributed by atoms with Crippen LogP contribution in [-0.2, 0) is 18.5 Å². The summed E-state index contributed by atoms with van der Waals surface area (Å²) in [4.78, 5) is 12.5. The lowest BCUT2D eigenvalue weighted by atomic mass is 9.91. The number of hydrogen-bond donors (Lipinski definition) is 0. The summed E-state index contributed by atoms with van der Waals surface area (Å²) >= 11 is 0. The summed E-state index contributed by atoms with van der Waals surface area (Å²) in [7, 11) is -11.7. The second-order valence-electron chi connectivity index (χ2n) is 10.2. The molecule has 0 spiro atoms. The van der Waals surface area contributed by atoms with E-state index in [4.69, 9.17) is 0 Å². The molecule has 0 rings (SSSR count). The Bertz CT molecular complexity index is 1110. The number of carbonyl (C=O) groups excluding carboxylic acids is 1. The van der Waals surface area contributed by atoms with Crippen molar-refractivity contribution in [2.75, 3.05) is 17.3 Å². The van der Waals surface area contributed by atoms with Gasteiger partial charge in [-0.25, -0.2) is 3.63 Å². The maximum atomic E-state index is 14.8. The van der Waals surface area contributed by atoms with Crippen LogP contribution in [0.15, 0.2) is 0 Å². The highest BCUT2D eigenvalue weighted by Crippen LogP contribution is 2.65. The average Bonchev–Trinajstić information content (AvgIpc) is 2.89. The van der Waals surface area contributed by atoms with Gasteiger partial charge >= 0.3 is 57.1 Å². The molecule has 0 amide bonds. The monoisotopic (exact) mass is 758 g/mol. The third-order valence-corrected chi connectivity index (χ3v) is 12.1. The summed E-state index contributed by atoms with van der Waals surface area (Å²) in [6.45, 7) is 4.54. The fraction of sp³-hybridized carbons (Fsp3) is 0.957. The highest BCUT2D eigenvalue weighted by molar-refractivity contribution is 8.33. The summed E-state index contributed by atoms with van der Waals surface area (Å²) in [6.07, 6.45) is -7.30. The van der Waals surface area contributed by atoms with Crippen LogP contribution in [0, 0.1) is 0 Å². The molecular weight excluding hydrogens is 727 g/mol. The van der Waals surface area contributed by atoms with Crippen molar-refractivity contribution in [3.8, 4) is 0 Å². The van der Waals surface area contributed by atoms with E-state index in [9.17, 15) is 87.8 Å². The van der Waals surface area contributed by atoms with Gasteiger partial charge in [0.15, 0.2) is 0 Å². The highest BCUT2D eigenvalue weighted by Gasteiger charge is 2.96. The molecule has 0 saturated heterocycles. The minimum Gasteiger partial charge on any atom is -0.299 e. The van der Waals surface area contributed by atoms with Crippen LogP contribution >= 0.6 is 10.3 Å². The molecule has 23 heteroatoms. The second-order valence-corrected chi connectivity index (χ2v) is 15.2. The van der Waals surface area contributed by atoms with Crippen LogP contribution in [-0.4, -0.2) is 78.4 Å². The zero-order valence-corrected chi connectivity index (χ0v) is 25.8. The zero-order chi connectivity index (χ0) is 37.1. The van der Waals surface area contributed by atoms with Crippen molar-refractivity contribution in [3.05, 3.63) is 0 Å². The van der Waals surface area contributed by atoms with Gasteiger partial charge in [0.05, 0.1) is 5.75 Å². The molecule has 0 heterocycles. The molecule has 0 aliphatic carbocycles. The van der Waals surface area contributed by atoms with Gasteiger partial charge in [0.1, 0.15) is 5.78 Å². The molecule has 0 aromatic heterocycles. The van der Waals surface area contributed by atoms with E-state index in [0.717, 1.165) is 0 Å². The molecule has 0 unspecified atom stereocenters. The van der Waals surface area contributed by atoms with Gasteiger partial charge in [0.25, 0.3) is 0 Å². The first-order chi connectivity index (χ1) is 20.3. The summed E-state index contributed by atoms with van der Waals surface area (Å²) < 4.78 is 262. The van der Waals surface area contributed by atoms with Crippen LogP contribution in [0.5, 0.6) is 0 Å². The predicted octanol–water partition coefficient (Wildman–Crippen LogP) is 9.77. The molecule has 4 nitrogen and oxygen atoms in total. The SMILES string of the molecule is CCCCCC(=O)CS(CCCC)(CCCC)OS(=O)(=O)C(F)(F)C(F)(F)C(F)(F)C(F)(F)C(F)(F)C(F)(F)C(F)(F)C(F)(F)F. The molecule has 0 aromatic rings. The molecule has 0 aliphatic rings. The Balaban J connectivity index is 7.13. The fourth-order valence-electron chi connectivity index (χ4n) is 3.63. The molecule has 0 aliphatic heterocycles. The van der Waals surface area contributed by atoms with Crippen molar-refractivity contribution in [2.45, 2.75) is 119 Å². The van der Waals surface area contributed by atoms with Gasteiger partial charge in [0, 0.05) is 17.9 Å². The topological polar surface area (TPSA) is 60.4 Å². The van der Waals surface area contributed by atoms with Gasteiger partial charge in [-0.15, -0.1) is 10.3 Å². The predicted molar refractivity (Wildman–Crippen MR) is 132 cm³/mol. The lowest BCUT2D eigenvalue weighted by molar-refractivity contribution is -0.458. The Hall–Kier alpha value is -1.26. The van der Waals surface area contributed by atoms with Crippen molar-refractivity contribution < 1.29 is 91.5 Å². The molecule has 0 bridgehead atoms. The van der Waals surface area contributed by atoms with Crippen molar-refractivity contribution in [3.63, 3.8) is 0 Å². The van der Waals surface area contributed by atoms with Gasteiger partial charge < -0.3 is 0 Å². The third kappa shape index (κ3) is 7.96. The standard InChI is InChI=1S/C23H31F17O4S2/c1-4-7-10-11-15(41)14-45(12-8-5-2,13-9-6-3)44-46(42,43)23(39,40)21(34,35)19(30,31)17(26,27)16(24,25)18(28,29)20(32,33)22(36,37)38/h4-14H2,1-3H3. The minimum absolute atomic E-state index is 0.0943. The van der Waals surface area contributed by atoms with Crippen molar-refractivity contribution >= 4 is 26.2 Å². The number of hydrogen-bond acceptors (Lipinski definition) is 4. The van der Waals surface area contributed by atoms with Gasteiger partial charge in [-0.3, -0.25) is 4.79 Å². The van der Waals surface area contributed by atoms with E-state index in [1.807, 2.05) is 0 Å². The van der Waals surface area contributed by atoms with Gasteiger partial charge in [0.2, 0.25) is 0 Å².